The van der Waals surface area contributed by atoms with Crippen LogP contribution in [0.5, 0.6) is 0 Å². The summed E-state index contributed by atoms with van der Waals surface area (Å²) >= 11 is 7.48. The third-order valence-electron chi connectivity index (χ3n) is 5.66. The molecule has 3 aromatic rings. The molecule has 2 amide bonds. The Morgan fingerprint density at radius 3 is 2.52 bits per heavy atom. The van der Waals surface area contributed by atoms with Gasteiger partial charge in [0.05, 0.1) is 16.3 Å². The minimum atomic E-state index is -0.266. The molecule has 1 saturated carbocycles. The van der Waals surface area contributed by atoms with Crippen molar-refractivity contribution >= 4 is 40.9 Å². The molecule has 2 aromatic carbocycles. The zero-order valence-corrected chi connectivity index (χ0v) is 20.0. The fourth-order valence-corrected chi connectivity index (χ4v) is 4.83. The first-order valence-electron chi connectivity index (χ1n) is 11.0. The second-order valence-electron chi connectivity index (χ2n) is 8.07. The third-order valence-corrected chi connectivity index (χ3v) is 7.01. The average molecular weight is 484 g/mol. The molecule has 4 rings (SSSR count). The van der Waals surface area contributed by atoms with E-state index in [1.54, 1.807) is 24.3 Å². The van der Waals surface area contributed by atoms with Gasteiger partial charge in [-0.1, -0.05) is 54.8 Å². The number of carbonyl (C=O) groups excluding carboxylic acids is 2. The maximum Gasteiger partial charge on any atom is 0.257 e. The van der Waals surface area contributed by atoms with Crippen molar-refractivity contribution in [2.75, 3.05) is 11.1 Å². The van der Waals surface area contributed by atoms with E-state index in [9.17, 15) is 9.59 Å². The Morgan fingerprint density at radius 1 is 1.06 bits per heavy atom. The smallest absolute Gasteiger partial charge is 0.257 e. The van der Waals surface area contributed by atoms with Crippen LogP contribution in [0.2, 0.25) is 5.02 Å². The number of thioether (sulfide) groups is 1. The minimum Gasteiger partial charge on any atom is -0.353 e. The van der Waals surface area contributed by atoms with Gasteiger partial charge in [0.25, 0.3) is 5.91 Å². The van der Waals surface area contributed by atoms with Crippen molar-refractivity contribution < 1.29 is 9.59 Å². The van der Waals surface area contributed by atoms with Gasteiger partial charge in [-0.05, 0) is 49.2 Å². The second kappa shape index (κ2) is 10.9. The van der Waals surface area contributed by atoms with Crippen molar-refractivity contribution in [1.82, 2.24) is 20.1 Å². The summed E-state index contributed by atoms with van der Waals surface area (Å²) in [7, 11) is 1.88. The molecule has 0 atom stereocenters. The maximum absolute atomic E-state index is 12.4. The van der Waals surface area contributed by atoms with E-state index in [0.29, 0.717) is 39.0 Å². The summed E-state index contributed by atoms with van der Waals surface area (Å²) in [6.07, 6.45) is 5.77. The highest BCUT2D eigenvalue weighted by Crippen LogP contribution is 2.25. The van der Waals surface area contributed by atoms with E-state index in [4.69, 9.17) is 11.6 Å². The van der Waals surface area contributed by atoms with Gasteiger partial charge in [-0.2, -0.15) is 0 Å². The van der Waals surface area contributed by atoms with Gasteiger partial charge < -0.3 is 15.2 Å². The number of amides is 2. The van der Waals surface area contributed by atoms with Gasteiger partial charge in [-0.15, -0.1) is 10.2 Å². The average Bonchev–Trinajstić information content (AvgIpc) is 3.19. The van der Waals surface area contributed by atoms with Crippen molar-refractivity contribution in [1.29, 1.82) is 0 Å². The Kier molecular flexibility index (Phi) is 7.67. The molecule has 1 fully saturated rings. The predicted molar refractivity (Wildman–Crippen MR) is 132 cm³/mol. The van der Waals surface area contributed by atoms with E-state index < -0.39 is 0 Å². The lowest BCUT2D eigenvalue weighted by Gasteiger charge is -2.22. The highest BCUT2D eigenvalue weighted by atomic mass is 35.5. The Hall–Kier alpha value is -2.84. The Labute approximate surface area is 202 Å². The number of aromatic nitrogens is 3. The quantitative estimate of drug-likeness (QED) is 0.465. The van der Waals surface area contributed by atoms with Gasteiger partial charge >= 0.3 is 0 Å². The largest absolute Gasteiger partial charge is 0.353 e. The van der Waals surface area contributed by atoms with E-state index in [0.717, 1.165) is 18.4 Å². The number of anilines is 1. The Bertz CT molecular complexity index is 1130. The molecule has 0 aliphatic heterocycles. The standard InChI is InChI=1S/C24H26ClN5O2S/c1-30-22(28-29-24(30)33-15-21(31)26-17-7-3-2-4-8-17)16-11-13-18(14-12-16)27-23(32)19-9-5-6-10-20(19)25/h5-6,9-14,17H,2-4,7-8,15H2,1H3,(H,26,31)(H,27,32). The molecular formula is C24H26ClN5O2S. The molecule has 7 nitrogen and oxygen atoms in total. The van der Waals surface area contributed by atoms with E-state index in [2.05, 4.69) is 20.8 Å². The van der Waals surface area contributed by atoms with Crippen LogP contribution in [0.3, 0.4) is 0 Å². The lowest BCUT2D eigenvalue weighted by Crippen LogP contribution is -2.37. The number of nitrogens with one attached hydrogen (secondary N) is 2. The number of rotatable bonds is 7. The molecule has 1 aliphatic carbocycles. The molecule has 1 aliphatic rings. The van der Waals surface area contributed by atoms with Crippen LogP contribution in [0.4, 0.5) is 5.69 Å². The summed E-state index contributed by atoms with van der Waals surface area (Å²) in [6.45, 7) is 0. The molecule has 33 heavy (non-hydrogen) atoms. The van der Waals surface area contributed by atoms with Gasteiger partial charge in [0.1, 0.15) is 0 Å². The van der Waals surface area contributed by atoms with Crippen LogP contribution in [-0.2, 0) is 11.8 Å². The van der Waals surface area contributed by atoms with Gasteiger partial charge in [0.15, 0.2) is 11.0 Å². The maximum atomic E-state index is 12.4. The zero-order chi connectivity index (χ0) is 23.2. The first-order valence-corrected chi connectivity index (χ1v) is 12.4. The van der Waals surface area contributed by atoms with Crippen LogP contribution in [0, 0.1) is 0 Å². The summed E-state index contributed by atoms with van der Waals surface area (Å²) in [5.74, 6) is 0.775. The topological polar surface area (TPSA) is 88.9 Å². The molecule has 0 radical (unpaired) electrons. The van der Waals surface area contributed by atoms with Gasteiger partial charge in [-0.25, -0.2) is 0 Å². The molecule has 0 bridgehead atoms. The van der Waals surface area contributed by atoms with Gasteiger partial charge in [0, 0.05) is 24.3 Å². The van der Waals surface area contributed by atoms with E-state index >= 15 is 0 Å². The number of nitrogens with zero attached hydrogens (tertiary/aromatic N) is 3. The highest BCUT2D eigenvalue weighted by Gasteiger charge is 2.17. The normalized spacial score (nSPS) is 14.1. The highest BCUT2D eigenvalue weighted by molar-refractivity contribution is 7.99. The van der Waals surface area contributed by atoms with Crippen LogP contribution in [0.15, 0.2) is 53.7 Å². The second-order valence-corrected chi connectivity index (χ2v) is 9.42. The van der Waals surface area contributed by atoms with Crippen LogP contribution >= 0.6 is 23.4 Å². The van der Waals surface area contributed by atoms with Crippen molar-refractivity contribution in [3.63, 3.8) is 0 Å². The predicted octanol–water partition coefficient (Wildman–Crippen LogP) is 4.93. The summed E-state index contributed by atoms with van der Waals surface area (Å²) in [4.78, 5) is 24.7. The molecular weight excluding hydrogens is 458 g/mol. The van der Waals surface area contributed by atoms with Crippen molar-refractivity contribution in [2.24, 2.45) is 7.05 Å². The summed E-state index contributed by atoms with van der Waals surface area (Å²) < 4.78 is 1.87. The summed E-state index contributed by atoms with van der Waals surface area (Å²) in [5.41, 5.74) is 1.94. The number of benzene rings is 2. The first kappa shape index (κ1) is 23.3. The number of hydrogen-bond donors (Lipinski definition) is 2. The Balaban J connectivity index is 1.35. The minimum absolute atomic E-state index is 0.0371. The van der Waals surface area contributed by atoms with Crippen LogP contribution in [-0.4, -0.2) is 38.4 Å². The van der Waals surface area contributed by atoms with Crippen molar-refractivity contribution in [3.8, 4) is 11.4 Å². The van der Waals surface area contributed by atoms with Crippen molar-refractivity contribution in [3.05, 3.63) is 59.1 Å². The summed E-state index contributed by atoms with van der Waals surface area (Å²) in [6, 6.07) is 14.6. The SMILES string of the molecule is Cn1c(SCC(=O)NC2CCCCC2)nnc1-c1ccc(NC(=O)c2ccccc2Cl)cc1. The fraction of sp³-hybridized carbons (Fsp3) is 0.333. The molecule has 9 heteroatoms. The lowest BCUT2D eigenvalue weighted by molar-refractivity contribution is -0.119. The zero-order valence-electron chi connectivity index (χ0n) is 18.4. The lowest BCUT2D eigenvalue weighted by atomic mass is 9.95. The first-order chi connectivity index (χ1) is 16.0. The number of halogens is 1. The molecule has 172 valence electrons. The van der Waals surface area contributed by atoms with Crippen LogP contribution < -0.4 is 10.6 Å². The van der Waals surface area contributed by atoms with Gasteiger partial charge in [0.2, 0.25) is 5.91 Å². The number of carbonyl (C=O) groups is 2. The molecule has 0 unspecified atom stereocenters. The molecule has 1 heterocycles. The van der Waals surface area contributed by atoms with Crippen LogP contribution in [0.1, 0.15) is 42.5 Å². The van der Waals surface area contributed by atoms with Crippen molar-refractivity contribution in [2.45, 2.75) is 43.3 Å². The third kappa shape index (κ3) is 5.94. The fourth-order valence-electron chi connectivity index (χ4n) is 3.88. The van der Waals surface area contributed by atoms with E-state index in [-0.39, 0.29) is 11.8 Å². The molecule has 1 aromatic heterocycles. The monoisotopic (exact) mass is 483 g/mol. The van der Waals surface area contributed by atoms with Gasteiger partial charge in [-0.3, -0.25) is 9.59 Å². The summed E-state index contributed by atoms with van der Waals surface area (Å²) in [5, 5.41) is 15.6. The van der Waals surface area contributed by atoms with Crippen LogP contribution in [0.25, 0.3) is 11.4 Å². The van der Waals surface area contributed by atoms with E-state index in [1.165, 1.54) is 31.0 Å². The Morgan fingerprint density at radius 2 is 1.79 bits per heavy atom. The van der Waals surface area contributed by atoms with E-state index in [1.807, 2.05) is 35.9 Å². The molecule has 0 spiro atoms. The number of hydrogen-bond acceptors (Lipinski definition) is 5. The molecule has 0 saturated heterocycles. The molecule has 2 N–H and O–H groups in total.